The maximum Gasteiger partial charge on any atom is 0.331 e. The second-order valence-electron chi connectivity index (χ2n) is 5.04. The number of benzene rings is 1. The zero-order chi connectivity index (χ0) is 19.1. The van der Waals surface area contributed by atoms with Gasteiger partial charge in [-0.1, -0.05) is 12.5 Å². The van der Waals surface area contributed by atoms with Crippen molar-refractivity contribution in [3.05, 3.63) is 58.8 Å². The molecule has 0 atom stereocenters. The second-order valence-corrected chi connectivity index (χ2v) is 5.04. The highest BCUT2D eigenvalue weighted by Gasteiger charge is 2.20. The number of nitro groups is 1. The van der Waals surface area contributed by atoms with Crippen LogP contribution >= 0.6 is 0 Å². The van der Waals surface area contributed by atoms with Crippen molar-refractivity contribution in [1.82, 2.24) is 4.98 Å². The van der Waals surface area contributed by atoms with E-state index in [1.807, 2.05) is 0 Å². The Labute approximate surface area is 149 Å². The Hall–Kier alpha value is -3.86. The van der Waals surface area contributed by atoms with Gasteiger partial charge in [-0.25, -0.2) is 4.98 Å². The molecule has 0 aliphatic carbocycles. The van der Waals surface area contributed by atoms with E-state index in [0.717, 1.165) is 6.08 Å². The highest BCUT2D eigenvalue weighted by atomic mass is 16.6. The van der Waals surface area contributed by atoms with Crippen LogP contribution in [-0.2, 0) is 4.79 Å². The van der Waals surface area contributed by atoms with Gasteiger partial charge in [-0.15, -0.1) is 6.42 Å². The third-order valence-electron chi connectivity index (χ3n) is 3.08. The molecule has 1 aromatic heterocycles. The lowest BCUT2D eigenvalue weighted by Crippen LogP contribution is -2.08. The summed E-state index contributed by atoms with van der Waals surface area (Å²) < 4.78 is 11.0. The fraction of sp³-hybridized carbons (Fsp3) is 0.111. The van der Waals surface area contributed by atoms with Crippen LogP contribution in [0.2, 0.25) is 0 Å². The largest absolute Gasteiger partial charge is 0.477 e. The Kier molecular flexibility index (Phi) is 5.90. The van der Waals surface area contributed by atoms with E-state index in [1.165, 1.54) is 24.4 Å². The van der Waals surface area contributed by atoms with Gasteiger partial charge >= 0.3 is 5.69 Å². The molecule has 0 aliphatic heterocycles. The first kappa shape index (κ1) is 18.5. The van der Waals surface area contributed by atoms with Gasteiger partial charge < -0.3 is 14.8 Å². The molecular weight excluding hydrogens is 338 g/mol. The van der Waals surface area contributed by atoms with E-state index >= 15 is 0 Å². The van der Waals surface area contributed by atoms with Crippen LogP contribution in [0.3, 0.4) is 0 Å². The SMILES string of the molecule is C#CCOc1cc(NC(=O)C=C)ccc1Oc1ncc(C)cc1[N+](=O)[O-]. The molecule has 0 spiro atoms. The summed E-state index contributed by atoms with van der Waals surface area (Å²) in [7, 11) is 0. The molecule has 0 unspecified atom stereocenters. The number of hydrogen-bond donors (Lipinski definition) is 1. The molecule has 0 fully saturated rings. The van der Waals surface area contributed by atoms with Crippen molar-refractivity contribution in [2.24, 2.45) is 0 Å². The van der Waals surface area contributed by atoms with Crippen molar-refractivity contribution >= 4 is 17.3 Å². The lowest BCUT2D eigenvalue weighted by molar-refractivity contribution is -0.386. The van der Waals surface area contributed by atoms with E-state index in [2.05, 4.69) is 22.8 Å². The standard InChI is InChI=1S/C18H15N3O5/c1-4-8-25-16-10-13(20-17(22)5-2)6-7-15(16)26-18-14(21(23)24)9-12(3)11-19-18/h1,5-7,9-11H,2,8H2,3H3,(H,20,22). The van der Waals surface area contributed by atoms with Crippen LogP contribution in [0.15, 0.2) is 43.1 Å². The van der Waals surface area contributed by atoms with Crippen molar-refractivity contribution in [1.29, 1.82) is 0 Å². The predicted octanol–water partition coefficient (Wildman–Crippen LogP) is 3.23. The molecule has 1 amide bonds. The number of hydrogen-bond acceptors (Lipinski definition) is 6. The number of carbonyl (C=O) groups excluding carboxylic acids is 1. The molecule has 132 valence electrons. The Morgan fingerprint density at radius 2 is 2.23 bits per heavy atom. The Bertz CT molecular complexity index is 902. The number of terminal acetylenes is 1. The molecule has 8 nitrogen and oxygen atoms in total. The molecule has 2 aromatic rings. The van der Waals surface area contributed by atoms with Gasteiger partial charge in [-0.3, -0.25) is 14.9 Å². The van der Waals surface area contributed by atoms with Gasteiger partial charge in [-0.2, -0.15) is 0 Å². The number of nitrogens with zero attached hydrogens (tertiary/aromatic N) is 2. The summed E-state index contributed by atoms with van der Waals surface area (Å²) >= 11 is 0. The average Bonchev–Trinajstić information content (AvgIpc) is 2.62. The number of ether oxygens (including phenoxy) is 2. The summed E-state index contributed by atoms with van der Waals surface area (Å²) in [5.41, 5.74) is 0.757. The smallest absolute Gasteiger partial charge is 0.331 e. The maximum atomic E-state index is 11.4. The van der Waals surface area contributed by atoms with Crippen molar-refractivity contribution in [2.75, 3.05) is 11.9 Å². The topological polar surface area (TPSA) is 104 Å². The fourth-order valence-corrected chi connectivity index (χ4v) is 1.95. The Balaban J connectivity index is 2.39. The normalized spacial score (nSPS) is 9.69. The van der Waals surface area contributed by atoms with Gasteiger partial charge in [0, 0.05) is 24.0 Å². The first-order chi connectivity index (χ1) is 12.4. The third kappa shape index (κ3) is 4.58. The van der Waals surface area contributed by atoms with E-state index in [9.17, 15) is 14.9 Å². The van der Waals surface area contributed by atoms with Gasteiger partial charge in [0.15, 0.2) is 11.5 Å². The van der Waals surface area contributed by atoms with Gasteiger partial charge in [0.2, 0.25) is 5.91 Å². The number of pyridine rings is 1. The molecule has 1 aromatic carbocycles. The van der Waals surface area contributed by atoms with Crippen LogP contribution in [-0.4, -0.2) is 22.4 Å². The first-order valence-corrected chi connectivity index (χ1v) is 7.37. The third-order valence-corrected chi connectivity index (χ3v) is 3.08. The zero-order valence-corrected chi connectivity index (χ0v) is 13.9. The summed E-state index contributed by atoms with van der Waals surface area (Å²) in [6.07, 6.45) is 7.76. The number of aryl methyl sites for hydroxylation is 1. The minimum atomic E-state index is -0.587. The lowest BCUT2D eigenvalue weighted by atomic mass is 10.2. The molecule has 0 radical (unpaired) electrons. The van der Waals surface area contributed by atoms with Crippen molar-refractivity contribution in [3.8, 4) is 29.7 Å². The molecule has 1 heterocycles. The molecule has 0 saturated heterocycles. The second kappa shape index (κ2) is 8.30. The minimum Gasteiger partial charge on any atom is -0.477 e. The summed E-state index contributed by atoms with van der Waals surface area (Å²) in [5, 5.41) is 13.8. The highest BCUT2D eigenvalue weighted by Crippen LogP contribution is 2.36. The van der Waals surface area contributed by atoms with Crippen LogP contribution < -0.4 is 14.8 Å². The molecule has 1 N–H and O–H groups in total. The molecule has 0 saturated carbocycles. The lowest BCUT2D eigenvalue weighted by Gasteiger charge is -2.13. The van der Waals surface area contributed by atoms with E-state index in [0.29, 0.717) is 11.3 Å². The summed E-state index contributed by atoms with van der Waals surface area (Å²) in [6.45, 7) is 4.99. The van der Waals surface area contributed by atoms with Crippen molar-refractivity contribution in [3.63, 3.8) is 0 Å². The van der Waals surface area contributed by atoms with Gasteiger partial charge in [-0.05, 0) is 30.7 Å². The zero-order valence-electron chi connectivity index (χ0n) is 13.9. The van der Waals surface area contributed by atoms with Crippen molar-refractivity contribution < 1.29 is 19.2 Å². The van der Waals surface area contributed by atoms with E-state index in [-0.39, 0.29) is 29.7 Å². The number of anilines is 1. The Morgan fingerprint density at radius 3 is 2.88 bits per heavy atom. The van der Waals surface area contributed by atoms with Gasteiger partial charge in [0.1, 0.15) is 6.61 Å². The summed E-state index contributed by atoms with van der Waals surface area (Å²) in [5.74, 6) is 2.08. The van der Waals surface area contributed by atoms with E-state index < -0.39 is 10.8 Å². The molecule has 26 heavy (non-hydrogen) atoms. The number of aromatic nitrogens is 1. The van der Waals surface area contributed by atoms with E-state index in [4.69, 9.17) is 15.9 Å². The van der Waals surface area contributed by atoms with Crippen molar-refractivity contribution in [2.45, 2.75) is 6.92 Å². The highest BCUT2D eigenvalue weighted by molar-refractivity contribution is 5.99. The van der Waals surface area contributed by atoms with Crippen LogP contribution in [0.4, 0.5) is 11.4 Å². The van der Waals surface area contributed by atoms with Crippen LogP contribution in [0, 0.1) is 29.4 Å². The van der Waals surface area contributed by atoms with E-state index in [1.54, 1.807) is 13.0 Å². The minimum absolute atomic E-state index is 0.0569. The first-order valence-electron chi connectivity index (χ1n) is 7.37. The van der Waals surface area contributed by atoms with Crippen LogP contribution in [0.1, 0.15) is 5.56 Å². The Morgan fingerprint density at radius 1 is 1.46 bits per heavy atom. The fourth-order valence-electron chi connectivity index (χ4n) is 1.95. The molecule has 2 rings (SSSR count). The van der Waals surface area contributed by atoms with Crippen LogP contribution in [0.5, 0.6) is 17.4 Å². The number of amides is 1. The summed E-state index contributed by atoms with van der Waals surface area (Å²) in [4.78, 5) is 26.0. The molecule has 0 aliphatic rings. The molecular formula is C18H15N3O5. The monoisotopic (exact) mass is 353 g/mol. The molecule has 0 bridgehead atoms. The predicted molar refractivity (Wildman–Crippen MR) is 95.3 cm³/mol. The number of carbonyl (C=O) groups is 1. The summed E-state index contributed by atoms with van der Waals surface area (Å²) in [6, 6.07) is 5.85. The van der Waals surface area contributed by atoms with Gasteiger partial charge in [0.25, 0.3) is 5.88 Å². The maximum absolute atomic E-state index is 11.4. The quantitative estimate of drug-likeness (QED) is 0.355. The number of nitrogens with one attached hydrogen (secondary N) is 1. The number of rotatable bonds is 7. The van der Waals surface area contributed by atoms with Crippen LogP contribution in [0.25, 0.3) is 0 Å². The molecule has 8 heteroatoms. The van der Waals surface area contributed by atoms with Gasteiger partial charge in [0.05, 0.1) is 4.92 Å². The average molecular weight is 353 g/mol.